The van der Waals surface area contributed by atoms with Gasteiger partial charge in [-0.3, -0.25) is 0 Å². The van der Waals surface area contributed by atoms with Crippen LogP contribution in [0.1, 0.15) is 18.4 Å². The number of nitrogens with zero attached hydrogens (tertiary/aromatic N) is 4. The molecule has 4 rings (SSSR count). The van der Waals surface area contributed by atoms with Gasteiger partial charge in [0.15, 0.2) is 5.82 Å². The summed E-state index contributed by atoms with van der Waals surface area (Å²) in [5.41, 5.74) is 3.62. The number of hydrogen-bond donors (Lipinski definition) is 1. The number of hydrogen-bond acceptors (Lipinski definition) is 4. The Morgan fingerprint density at radius 1 is 1.09 bits per heavy atom. The fraction of sp³-hybridized carbons (Fsp3) is 0.294. The predicted molar refractivity (Wildman–Crippen MR) is 85.8 cm³/mol. The summed E-state index contributed by atoms with van der Waals surface area (Å²) < 4.78 is 1.84. The van der Waals surface area contributed by atoms with E-state index in [1.807, 2.05) is 41.0 Å². The Hall–Kier alpha value is -2.40. The maximum Gasteiger partial charge on any atom is 0.155 e. The number of benzene rings is 1. The number of anilines is 1. The first-order valence-electron chi connectivity index (χ1n) is 7.66. The predicted octanol–water partition coefficient (Wildman–Crippen LogP) is 2.49. The van der Waals surface area contributed by atoms with E-state index in [-0.39, 0.29) is 6.61 Å². The summed E-state index contributed by atoms with van der Waals surface area (Å²) in [5, 5.41) is 14.6. The van der Waals surface area contributed by atoms with Crippen LogP contribution in [0.25, 0.3) is 16.8 Å². The van der Waals surface area contributed by atoms with E-state index in [2.05, 4.69) is 15.0 Å². The second-order valence-electron chi connectivity index (χ2n) is 5.59. The maximum atomic E-state index is 9.93. The van der Waals surface area contributed by atoms with Crippen LogP contribution < -0.4 is 4.90 Å². The van der Waals surface area contributed by atoms with Crippen molar-refractivity contribution in [2.24, 2.45) is 0 Å². The van der Waals surface area contributed by atoms with Crippen LogP contribution in [0.3, 0.4) is 0 Å². The van der Waals surface area contributed by atoms with Gasteiger partial charge in [0.2, 0.25) is 0 Å². The van der Waals surface area contributed by atoms with E-state index in [9.17, 15) is 5.11 Å². The van der Waals surface area contributed by atoms with Gasteiger partial charge in [0.05, 0.1) is 12.3 Å². The Morgan fingerprint density at radius 2 is 1.86 bits per heavy atom. The second-order valence-corrected chi connectivity index (χ2v) is 5.59. The zero-order valence-electron chi connectivity index (χ0n) is 12.3. The number of aliphatic hydroxyl groups excluding tert-OH is 1. The van der Waals surface area contributed by atoms with Crippen LogP contribution in [0.4, 0.5) is 5.82 Å². The molecule has 0 atom stereocenters. The molecule has 112 valence electrons. The number of fused-ring (bicyclic) bond motifs is 1. The van der Waals surface area contributed by atoms with Crippen molar-refractivity contribution in [1.29, 1.82) is 0 Å². The van der Waals surface area contributed by atoms with Gasteiger partial charge in [-0.25, -0.2) is 9.50 Å². The molecule has 0 bridgehead atoms. The highest BCUT2D eigenvalue weighted by atomic mass is 16.3. The largest absolute Gasteiger partial charge is 0.392 e. The molecule has 3 aromatic rings. The lowest BCUT2D eigenvalue weighted by molar-refractivity contribution is 0.284. The topological polar surface area (TPSA) is 53.7 Å². The minimum Gasteiger partial charge on any atom is -0.392 e. The number of rotatable bonds is 3. The van der Waals surface area contributed by atoms with Crippen molar-refractivity contribution in [2.45, 2.75) is 19.4 Å². The highest BCUT2D eigenvalue weighted by molar-refractivity contribution is 5.81. The van der Waals surface area contributed by atoms with Crippen LogP contribution in [0.2, 0.25) is 0 Å². The van der Waals surface area contributed by atoms with Crippen molar-refractivity contribution < 1.29 is 5.11 Å². The SMILES string of the molecule is OCc1c(-c2ccccc2)nn2ccnc(N3CCCC3)c12. The molecule has 1 aromatic carbocycles. The van der Waals surface area contributed by atoms with Crippen molar-refractivity contribution in [3.8, 4) is 11.3 Å². The first-order valence-corrected chi connectivity index (χ1v) is 7.66. The van der Waals surface area contributed by atoms with Gasteiger partial charge in [-0.05, 0) is 12.8 Å². The van der Waals surface area contributed by atoms with Crippen LogP contribution in [-0.2, 0) is 6.61 Å². The van der Waals surface area contributed by atoms with E-state index in [0.717, 1.165) is 41.2 Å². The molecule has 22 heavy (non-hydrogen) atoms. The van der Waals surface area contributed by atoms with E-state index >= 15 is 0 Å². The molecular formula is C17H18N4O. The molecule has 0 aliphatic carbocycles. The summed E-state index contributed by atoms with van der Waals surface area (Å²) in [6, 6.07) is 9.99. The molecule has 5 heteroatoms. The molecule has 0 radical (unpaired) electrons. The van der Waals surface area contributed by atoms with Gasteiger partial charge in [-0.1, -0.05) is 30.3 Å². The van der Waals surface area contributed by atoms with E-state index in [1.165, 1.54) is 12.8 Å². The molecule has 0 saturated carbocycles. The van der Waals surface area contributed by atoms with E-state index < -0.39 is 0 Å². The van der Waals surface area contributed by atoms with Crippen molar-refractivity contribution in [1.82, 2.24) is 14.6 Å². The second kappa shape index (κ2) is 5.42. The Morgan fingerprint density at radius 3 is 2.59 bits per heavy atom. The van der Waals surface area contributed by atoms with Gasteiger partial charge >= 0.3 is 0 Å². The van der Waals surface area contributed by atoms with E-state index in [1.54, 1.807) is 6.20 Å². The number of aromatic nitrogens is 3. The lowest BCUT2D eigenvalue weighted by atomic mass is 10.1. The molecule has 1 saturated heterocycles. The fourth-order valence-electron chi connectivity index (χ4n) is 3.18. The van der Waals surface area contributed by atoms with Gasteiger partial charge in [-0.15, -0.1) is 0 Å². The lowest BCUT2D eigenvalue weighted by Gasteiger charge is -2.17. The van der Waals surface area contributed by atoms with Gasteiger partial charge < -0.3 is 10.0 Å². The van der Waals surface area contributed by atoms with Crippen molar-refractivity contribution in [3.63, 3.8) is 0 Å². The third-order valence-electron chi connectivity index (χ3n) is 4.24. The highest BCUT2D eigenvalue weighted by Crippen LogP contribution is 2.32. The molecule has 1 aliphatic rings. The zero-order chi connectivity index (χ0) is 14.9. The molecule has 1 fully saturated rings. The standard InChI is InChI=1S/C17H18N4O/c22-12-14-15(13-6-2-1-3-7-13)19-21-11-8-18-17(16(14)21)20-9-4-5-10-20/h1-3,6-8,11,22H,4-5,9-10,12H2. The molecule has 1 aliphatic heterocycles. The van der Waals surface area contributed by atoms with Gasteiger partial charge in [0, 0.05) is 36.6 Å². The fourth-order valence-corrected chi connectivity index (χ4v) is 3.18. The summed E-state index contributed by atoms with van der Waals surface area (Å²) in [6.07, 6.45) is 6.01. The normalized spacial score (nSPS) is 14.9. The molecule has 2 aromatic heterocycles. The minimum absolute atomic E-state index is 0.0414. The summed E-state index contributed by atoms with van der Waals surface area (Å²) in [5.74, 6) is 0.929. The zero-order valence-corrected chi connectivity index (χ0v) is 12.3. The molecule has 0 unspecified atom stereocenters. The highest BCUT2D eigenvalue weighted by Gasteiger charge is 2.22. The Kier molecular flexibility index (Phi) is 3.27. The van der Waals surface area contributed by atoms with Crippen LogP contribution in [0, 0.1) is 0 Å². The smallest absolute Gasteiger partial charge is 0.155 e. The first kappa shape index (κ1) is 13.3. The van der Waals surface area contributed by atoms with Crippen molar-refractivity contribution >= 4 is 11.3 Å². The summed E-state index contributed by atoms with van der Waals surface area (Å²) in [6.45, 7) is 1.99. The molecule has 1 N–H and O–H groups in total. The first-order chi connectivity index (χ1) is 10.9. The van der Waals surface area contributed by atoms with E-state index in [4.69, 9.17) is 0 Å². The van der Waals surface area contributed by atoms with E-state index in [0.29, 0.717) is 0 Å². The van der Waals surface area contributed by atoms with Gasteiger partial charge in [0.1, 0.15) is 5.52 Å². The van der Waals surface area contributed by atoms with Crippen molar-refractivity contribution in [2.75, 3.05) is 18.0 Å². The van der Waals surface area contributed by atoms with Crippen LogP contribution in [-0.4, -0.2) is 32.8 Å². The average molecular weight is 294 g/mol. The average Bonchev–Trinajstić information content (AvgIpc) is 3.22. The summed E-state index contributed by atoms with van der Waals surface area (Å²) in [4.78, 5) is 6.84. The monoisotopic (exact) mass is 294 g/mol. The van der Waals surface area contributed by atoms with Crippen molar-refractivity contribution in [3.05, 3.63) is 48.3 Å². The Labute approximate surface area is 128 Å². The third-order valence-corrected chi connectivity index (χ3v) is 4.24. The summed E-state index contributed by atoms with van der Waals surface area (Å²) in [7, 11) is 0. The molecule has 0 amide bonds. The maximum absolute atomic E-state index is 9.93. The number of aliphatic hydroxyl groups is 1. The minimum atomic E-state index is -0.0414. The van der Waals surface area contributed by atoms with Crippen LogP contribution >= 0.6 is 0 Å². The van der Waals surface area contributed by atoms with Crippen LogP contribution in [0.5, 0.6) is 0 Å². The third kappa shape index (κ3) is 2.05. The van der Waals surface area contributed by atoms with Gasteiger partial charge in [-0.2, -0.15) is 5.10 Å². The van der Waals surface area contributed by atoms with Gasteiger partial charge in [0.25, 0.3) is 0 Å². The lowest BCUT2D eigenvalue weighted by Crippen LogP contribution is -2.20. The molecule has 0 spiro atoms. The Balaban J connectivity index is 1.95. The molecule has 5 nitrogen and oxygen atoms in total. The summed E-state index contributed by atoms with van der Waals surface area (Å²) >= 11 is 0. The Bertz CT molecular complexity index is 791. The van der Waals surface area contributed by atoms with Crippen LogP contribution in [0.15, 0.2) is 42.7 Å². The molecule has 3 heterocycles. The quantitative estimate of drug-likeness (QED) is 0.806. The molecular weight excluding hydrogens is 276 g/mol.